The van der Waals surface area contributed by atoms with E-state index in [1.165, 1.54) is 5.56 Å². The Morgan fingerprint density at radius 2 is 1.92 bits per heavy atom. The highest BCUT2D eigenvalue weighted by molar-refractivity contribution is 5.99. The van der Waals surface area contributed by atoms with Crippen molar-refractivity contribution in [2.24, 2.45) is 5.92 Å². The van der Waals surface area contributed by atoms with Gasteiger partial charge in [-0.1, -0.05) is 18.2 Å². The molecule has 0 atom stereocenters. The number of nitrogens with zero attached hydrogens (tertiary/aromatic N) is 1. The number of carbonyl (C=O) groups is 2. The minimum atomic E-state index is -0.0758. The van der Waals surface area contributed by atoms with Gasteiger partial charge in [-0.25, -0.2) is 0 Å². The van der Waals surface area contributed by atoms with Crippen LogP contribution in [-0.2, 0) is 22.4 Å². The molecule has 0 bridgehead atoms. The molecule has 0 saturated heterocycles. The first-order chi connectivity index (χ1) is 12.6. The third-order valence-corrected chi connectivity index (χ3v) is 4.98. The maximum Gasteiger partial charge on any atom is 0.230 e. The van der Waals surface area contributed by atoms with Gasteiger partial charge in [-0.15, -0.1) is 0 Å². The summed E-state index contributed by atoms with van der Waals surface area (Å²) in [6.07, 6.45) is 3.19. The smallest absolute Gasteiger partial charge is 0.230 e. The largest absolute Gasteiger partial charge is 0.497 e. The van der Waals surface area contributed by atoms with Crippen LogP contribution in [0.1, 0.15) is 24.0 Å². The molecule has 2 amide bonds. The Hall–Kier alpha value is -2.82. The summed E-state index contributed by atoms with van der Waals surface area (Å²) in [5.74, 6) is 1.13. The Labute approximate surface area is 153 Å². The van der Waals surface area contributed by atoms with Crippen molar-refractivity contribution in [3.05, 3.63) is 53.6 Å². The van der Waals surface area contributed by atoms with Gasteiger partial charge in [0.2, 0.25) is 11.8 Å². The van der Waals surface area contributed by atoms with Gasteiger partial charge in [0.1, 0.15) is 5.75 Å². The number of fused-ring (bicyclic) bond motifs is 1. The average molecular weight is 350 g/mol. The number of hydrogen-bond acceptors (Lipinski definition) is 3. The SMILES string of the molecule is COc1ccc(CC(=O)Nc2ccc3c(c2)N(C(=O)C2CC2)CC3)cc1. The molecule has 2 aromatic rings. The second-order valence-corrected chi connectivity index (χ2v) is 6.93. The molecule has 134 valence electrons. The quantitative estimate of drug-likeness (QED) is 0.901. The highest BCUT2D eigenvalue weighted by atomic mass is 16.5. The van der Waals surface area contributed by atoms with Crippen molar-refractivity contribution in [3.63, 3.8) is 0 Å². The molecule has 1 saturated carbocycles. The lowest BCUT2D eigenvalue weighted by Crippen LogP contribution is -2.30. The van der Waals surface area contributed by atoms with E-state index in [9.17, 15) is 9.59 Å². The van der Waals surface area contributed by atoms with Gasteiger partial charge in [-0.2, -0.15) is 0 Å². The standard InChI is InChI=1S/C21H22N2O3/c1-26-18-8-2-14(3-9-18)12-20(24)22-17-7-6-15-10-11-23(19(15)13-17)21(25)16-4-5-16/h2-3,6-9,13,16H,4-5,10-12H2,1H3,(H,22,24). The van der Waals surface area contributed by atoms with Crippen LogP contribution in [0.4, 0.5) is 11.4 Å². The van der Waals surface area contributed by atoms with Gasteiger partial charge in [0.15, 0.2) is 0 Å². The van der Waals surface area contributed by atoms with Crippen molar-refractivity contribution in [1.29, 1.82) is 0 Å². The van der Waals surface area contributed by atoms with Crippen LogP contribution in [0.2, 0.25) is 0 Å². The van der Waals surface area contributed by atoms with Crippen LogP contribution in [0.15, 0.2) is 42.5 Å². The summed E-state index contributed by atoms with van der Waals surface area (Å²) in [7, 11) is 1.62. The van der Waals surface area contributed by atoms with Crippen LogP contribution in [0.5, 0.6) is 5.75 Å². The molecule has 1 heterocycles. The second-order valence-electron chi connectivity index (χ2n) is 6.93. The number of rotatable bonds is 5. The van der Waals surface area contributed by atoms with Gasteiger partial charge in [0, 0.05) is 23.8 Å². The third-order valence-electron chi connectivity index (χ3n) is 4.98. The molecular weight excluding hydrogens is 328 g/mol. The Morgan fingerprint density at radius 3 is 2.62 bits per heavy atom. The zero-order valence-electron chi connectivity index (χ0n) is 14.8. The van der Waals surface area contributed by atoms with Gasteiger partial charge in [0.05, 0.1) is 13.5 Å². The van der Waals surface area contributed by atoms with Crippen molar-refractivity contribution in [2.75, 3.05) is 23.9 Å². The van der Waals surface area contributed by atoms with Crippen molar-refractivity contribution in [1.82, 2.24) is 0 Å². The summed E-state index contributed by atoms with van der Waals surface area (Å²) >= 11 is 0. The minimum absolute atomic E-state index is 0.0758. The topological polar surface area (TPSA) is 58.6 Å². The predicted octanol–water partition coefficient (Wildman–Crippen LogP) is 3.18. The fourth-order valence-electron chi connectivity index (χ4n) is 3.37. The van der Waals surface area contributed by atoms with Crippen LogP contribution in [0, 0.1) is 5.92 Å². The Morgan fingerprint density at radius 1 is 1.15 bits per heavy atom. The molecule has 0 spiro atoms. The second kappa shape index (κ2) is 6.83. The van der Waals surface area contributed by atoms with E-state index in [2.05, 4.69) is 5.32 Å². The maximum atomic E-state index is 12.4. The number of anilines is 2. The van der Waals surface area contributed by atoms with Crippen molar-refractivity contribution >= 4 is 23.2 Å². The lowest BCUT2D eigenvalue weighted by molar-refractivity contribution is -0.119. The van der Waals surface area contributed by atoms with E-state index < -0.39 is 0 Å². The molecular formula is C21H22N2O3. The van der Waals surface area contributed by atoms with Gasteiger partial charge in [0.25, 0.3) is 0 Å². The van der Waals surface area contributed by atoms with E-state index in [0.717, 1.165) is 48.5 Å². The van der Waals surface area contributed by atoms with E-state index in [-0.39, 0.29) is 17.7 Å². The van der Waals surface area contributed by atoms with Gasteiger partial charge >= 0.3 is 0 Å². The average Bonchev–Trinajstić information content (AvgIpc) is 3.41. The zero-order chi connectivity index (χ0) is 18.1. The Balaban J connectivity index is 1.44. The molecule has 1 fully saturated rings. The summed E-state index contributed by atoms with van der Waals surface area (Å²) in [4.78, 5) is 26.7. The van der Waals surface area contributed by atoms with Gasteiger partial charge in [-0.3, -0.25) is 9.59 Å². The van der Waals surface area contributed by atoms with Crippen LogP contribution in [0.25, 0.3) is 0 Å². The summed E-state index contributed by atoms with van der Waals surface area (Å²) < 4.78 is 5.13. The normalized spacial score (nSPS) is 15.5. The number of methoxy groups -OCH3 is 1. The lowest BCUT2D eigenvalue weighted by Gasteiger charge is -2.18. The molecule has 1 aliphatic heterocycles. The Bertz CT molecular complexity index is 841. The number of ether oxygens (including phenoxy) is 1. The van der Waals surface area contributed by atoms with Gasteiger partial charge < -0.3 is 15.0 Å². The summed E-state index contributed by atoms with van der Waals surface area (Å²) in [6, 6.07) is 13.3. The molecule has 1 aliphatic carbocycles. The Kier molecular flexibility index (Phi) is 4.37. The number of carbonyl (C=O) groups excluding carboxylic acids is 2. The first kappa shape index (κ1) is 16.6. The zero-order valence-corrected chi connectivity index (χ0v) is 14.8. The highest BCUT2D eigenvalue weighted by Crippen LogP contribution is 2.37. The molecule has 2 aromatic carbocycles. The van der Waals surface area contributed by atoms with Crippen LogP contribution >= 0.6 is 0 Å². The molecule has 0 unspecified atom stereocenters. The van der Waals surface area contributed by atoms with Crippen molar-refractivity contribution in [3.8, 4) is 5.75 Å². The van der Waals surface area contributed by atoms with E-state index in [4.69, 9.17) is 4.74 Å². The number of benzene rings is 2. The maximum absolute atomic E-state index is 12.4. The molecule has 1 N–H and O–H groups in total. The molecule has 4 rings (SSSR count). The fraction of sp³-hybridized carbons (Fsp3) is 0.333. The van der Waals surface area contributed by atoms with E-state index >= 15 is 0 Å². The van der Waals surface area contributed by atoms with Crippen molar-refractivity contribution < 1.29 is 14.3 Å². The minimum Gasteiger partial charge on any atom is -0.497 e. The molecule has 5 nitrogen and oxygen atoms in total. The van der Waals surface area contributed by atoms with E-state index in [0.29, 0.717) is 6.42 Å². The van der Waals surface area contributed by atoms with Gasteiger partial charge in [-0.05, 0) is 54.7 Å². The lowest BCUT2D eigenvalue weighted by atomic mass is 10.1. The summed E-state index contributed by atoms with van der Waals surface area (Å²) in [6.45, 7) is 0.744. The third kappa shape index (κ3) is 3.43. The number of hydrogen-bond donors (Lipinski definition) is 1. The molecule has 5 heteroatoms. The first-order valence-electron chi connectivity index (χ1n) is 9.01. The fourth-order valence-corrected chi connectivity index (χ4v) is 3.37. The van der Waals surface area contributed by atoms with Crippen molar-refractivity contribution in [2.45, 2.75) is 25.7 Å². The molecule has 0 radical (unpaired) electrons. The monoisotopic (exact) mass is 350 g/mol. The van der Waals surface area contributed by atoms with Crippen LogP contribution < -0.4 is 15.0 Å². The molecule has 0 aromatic heterocycles. The van der Waals surface area contributed by atoms with Crippen LogP contribution in [-0.4, -0.2) is 25.5 Å². The van der Waals surface area contributed by atoms with E-state index in [1.54, 1.807) is 7.11 Å². The number of nitrogens with one attached hydrogen (secondary N) is 1. The molecule has 2 aliphatic rings. The molecule has 26 heavy (non-hydrogen) atoms. The predicted molar refractivity (Wildman–Crippen MR) is 101 cm³/mol. The summed E-state index contributed by atoms with van der Waals surface area (Å²) in [5.41, 5.74) is 3.78. The van der Waals surface area contributed by atoms with E-state index in [1.807, 2.05) is 47.4 Å². The van der Waals surface area contributed by atoms with Crippen LogP contribution in [0.3, 0.4) is 0 Å². The number of amides is 2. The summed E-state index contributed by atoms with van der Waals surface area (Å²) in [5, 5.41) is 2.94. The first-order valence-corrected chi connectivity index (χ1v) is 9.01. The highest BCUT2D eigenvalue weighted by Gasteiger charge is 2.36.